The van der Waals surface area contributed by atoms with Crippen molar-refractivity contribution in [1.29, 1.82) is 0 Å². The number of halogens is 1. The Balaban J connectivity index is 2.70. The second-order valence-electron chi connectivity index (χ2n) is 2.95. The minimum atomic E-state index is -3.50. The number of sulfonamides is 1. The third-order valence-electron chi connectivity index (χ3n) is 1.61. The van der Waals surface area contributed by atoms with Gasteiger partial charge in [0.25, 0.3) is 5.69 Å². The zero-order chi connectivity index (χ0) is 13.1. The maximum absolute atomic E-state index is 10.7. The number of hydrogen-bond donors (Lipinski definition) is 1. The summed E-state index contributed by atoms with van der Waals surface area (Å²) in [5.74, 6) is 0.0605. The molecule has 0 spiro atoms. The smallest absolute Gasteiger partial charge is 0.258 e. The lowest BCUT2D eigenvalue weighted by Gasteiger charge is -2.02. The van der Waals surface area contributed by atoms with Crippen LogP contribution >= 0.6 is 27.7 Å². The van der Waals surface area contributed by atoms with Crippen molar-refractivity contribution in [2.24, 2.45) is 5.14 Å². The third kappa shape index (κ3) is 4.98. The van der Waals surface area contributed by atoms with Crippen LogP contribution in [0.15, 0.2) is 21.8 Å². The minimum Gasteiger partial charge on any atom is -0.258 e. The summed E-state index contributed by atoms with van der Waals surface area (Å²) < 4.78 is 21.8. The summed E-state index contributed by atoms with van der Waals surface area (Å²) in [5, 5.41) is 15.8. The fourth-order valence-corrected chi connectivity index (χ4v) is 3.34. The van der Waals surface area contributed by atoms with Crippen molar-refractivity contribution >= 4 is 43.4 Å². The zero-order valence-electron chi connectivity index (χ0n) is 8.37. The zero-order valence-corrected chi connectivity index (χ0v) is 11.6. The monoisotopic (exact) mass is 341 g/mol. The largest absolute Gasteiger partial charge is 0.288 e. The molecule has 0 unspecified atom stereocenters. The normalized spacial score (nSPS) is 11.4. The molecule has 0 saturated carbocycles. The van der Waals surface area contributed by atoms with Crippen LogP contribution in [0.25, 0.3) is 0 Å². The Kier molecular flexibility index (Phi) is 4.86. The summed E-state index contributed by atoms with van der Waals surface area (Å²) in [5.41, 5.74) is -0.132. The van der Waals surface area contributed by atoms with Crippen LogP contribution in [0.1, 0.15) is 0 Å². The van der Waals surface area contributed by atoms with Gasteiger partial charge in [0.1, 0.15) is 11.2 Å². The van der Waals surface area contributed by atoms with Gasteiger partial charge in [-0.3, -0.25) is 10.1 Å². The first kappa shape index (κ1) is 14.4. The molecule has 0 radical (unpaired) electrons. The van der Waals surface area contributed by atoms with Crippen molar-refractivity contribution in [3.8, 4) is 0 Å². The summed E-state index contributed by atoms with van der Waals surface area (Å²) in [4.78, 5) is 13.8. The summed E-state index contributed by atoms with van der Waals surface area (Å²) in [7, 11) is -3.50. The molecule has 7 nitrogen and oxygen atoms in total. The highest BCUT2D eigenvalue weighted by atomic mass is 79.9. The Labute approximate surface area is 110 Å². The number of primary sulfonamides is 1. The van der Waals surface area contributed by atoms with Crippen LogP contribution in [0.5, 0.6) is 0 Å². The third-order valence-corrected chi connectivity index (χ3v) is 4.52. The Morgan fingerprint density at radius 1 is 1.59 bits per heavy atom. The number of thioether (sulfide) groups is 1. The lowest BCUT2D eigenvalue weighted by atomic mass is 10.4. The first-order chi connectivity index (χ1) is 7.79. The lowest BCUT2D eigenvalue weighted by Crippen LogP contribution is -2.17. The highest BCUT2D eigenvalue weighted by molar-refractivity contribution is 9.10. The fourth-order valence-electron chi connectivity index (χ4n) is 0.876. The Hall–Kier alpha value is -0.710. The molecule has 0 amide bonds. The average Bonchev–Trinajstić information content (AvgIpc) is 2.18. The molecule has 0 aliphatic rings. The van der Waals surface area contributed by atoms with Crippen molar-refractivity contribution in [2.75, 3.05) is 11.5 Å². The number of aromatic nitrogens is 1. The van der Waals surface area contributed by atoms with E-state index in [1.165, 1.54) is 6.07 Å². The molecule has 0 bridgehead atoms. The molecule has 1 heterocycles. The molecular weight excluding hydrogens is 334 g/mol. The van der Waals surface area contributed by atoms with Gasteiger partial charge in [-0.25, -0.2) is 18.5 Å². The average molecular weight is 342 g/mol. The molecule has 94 valence electrons. The van der Waals surface area contributed by atoms with Gasteiger partial charge < -0.3 is 0 Å². The van der Waals surface area contributed by atoms with Crippen LogP contribution in [0.3, 0.4) is 0 Å². The molecule has 1 aromatic rings. The van der Waals surface area contributed by atoms with Crippen LogP contribution < -0.4 is 5.14 Å². The van der Waals surface area contributed by atoms with Gasteiger partial charge in [0.15, 0.2) is 0 Å². The first-order valence-electron chi connectivity index (χ1n) is 4.23. The second kappa shape index (κ2) is 5.76. The van der Waals surface area contributed by atoms with E-state index in [-0.39, 0.29) is 17.2 Å². The van der Waals surface area contributed by atoms with Crippen LogP contribution in [-0.4, -0.2) is 29.8 Å². The van der Waals surface area contributed by atoms with Crippen LogP contribution in [0, 0.1) is 10.1 Å². The van der Waals surface area contributed by atoms with Gasteiger partial charge in [-0.15, -0.1) is 11.8 Å². The summed E-state index contributed by atoms with van der Waals surface area (Å²) >= 11 is 4.28. The second-order valence-corrected chi connectivity index (χ2v) is 6.62. The number of rotatable bonds is 5. The lowest BCUT2D eigenvalue weighted by molar-refractivity contribution is -0.385. The number of pyridine rings is 1. The van der Waals surface area contributed by atoms with Crippen molar-refractivity contribution < 1.29 is 13.3 Å². The fraction of sp³-hybridized carbons (Fsp3) is 0.286. The first-order valence-corrected chi connectivity index (χ1v) is 7.72. The van der Waals surface area contributed by atoms with Crippen LogP contribution in [0.2, 0.25) is 0 Å². The van der Waals surface area contributed by atoms with E-state index >= 15 is 0 Å². The molecule has 2 N–H and O–H groups in total. The van der Waals surface area contributed by atoms with Gasteiger partial charge in [0, 0.05) is 11.8 Å². The molecule has 1 rings (SSSR count). The molecule has 1 aromatic heterocycles. The van der Waals surface area contributed by atoms with Crippen molar-refractivity contribution in [1.82, 2.24) is 4.98 Å². The quantitative estimate of drug-likeness (QED) is 0.487. The van der Waals surface area contributed by atoms with E-state index < -0.39 is 14.9 Å². The van der Waals surface area contributed by atoms with Crippen molar-refractivity contribution in [3.63, 3.8) is 0 Å². The predicted octanol–water partition coefficient (Wildman–Crippen LogP) is 1.13. The van der Waals surface area contributed by atoms with Gasteiger partial charge >= 0.3 is 0 Å². The molecule has 0 aliphatic carbocycles. The van der Waals surface area contributed by atoms with E-state index in [4.69, 9.17) is 5.14 Å². The topological polar surface area (TPSA) is 116 Å². The maximum Gasteiger partial charge on any atom is 0.288 e. The molecule has 0 atom stereocenters. The molecule has 0 fully saturated rings. The minimum absolute atomic E-state index is 0.132. The number of hydrogen-bond acceptors (Lipinski definition) is 6. The van der Waals surface area contributed by atoms with Gasteiger partial charge in [-0.05, 0) is 15.9 Å². The summed E-state index contributed by atoms with van der Waals surface area (Å²) in [6, 6.07) is 1.31. The van der Waals surface area contributed by atoms with Crippen molar-refractivity contribution in [2.45, 2.75) is 5.03 Å². The van der Waals surface area contributed by atoms with Gasteiger partial charge in [0.05, 0.1) is 15.1 Å². The summed E-state index contributed by atoms with van der Waals surface area (Å²) in [6.45, 7) is 0. The van der Waals surface area contributed by atoms with Gasteiger partial charge in [-0.1, -0.05) is 0 Å². The van der Waals surface area contributed by atoms with E-state index in [9.17, 15) is 18.5 Å². The summed E-state index contributed by atoms with van der Waals surface area (Å²) in [6.07, 6.45) is 1.12. The highest BCUT2D eigenvalue weighted by Gasteiger charge is 2.11. The van der Waals surface area contributed by atoms with E-state index in [0.717, 1.165) is 18.0 Å². The van der Waals surface area contributed by atoms with Crippen LogP contribution in [-0.2, 0) is 10.0 Å². The standard InChI is InChI=1S/C7H8BrN3O4S2/c8-6-3-5(11(12)13)4-10-7(6)16-1-2-17(9,14)15/h3-4H,1-2H2,(H2,9,14,15). The molecule has 17 heavy (non-hydrogen) atoms. The Bertz CT molecular complexity index is 534. The molecule has 0 aromatic carbocycles. The number of nitrogens with two attached hydrogens (primary N) is 1. The molecular formula is C7H8BrN3O4S2. The maximum atomic E-state index is 10.7. The SMILES string of the molecule is NS(=O)(=O)CCSc1ncc([N+](=O)[O-])cc1Br. The highest BCUT2D eigenvalue weighted by Crippen LogP contribution is 2.28. The van der Waals surface area contributed by atoms with E-state index in [1.54, 1.807) is 0 Å². The van der Waals surface area contributed by atoms with Crippen molar-refractivity contribution in [3.05, 3.63) is 26.9 Å². The molecule has 0 aliphatic heterocycles. The Morgan fingerprint density at radius 3 is 2.71 bits per heavy atom. The van der Waals surface area contributed by atoms with Gasteiger partial charge in [0.2, 0.25) is 10.0 Å². The molecule has 10 heteroatoms. The van der Waals surface area contributed by atoms with E-state index in [2.05, 4.69) is 20.9 Å². The number of nitro groups is 1. The number of nitrogens with zero attached hydrogens (tertiary/aromatic N) is 2. The van der Waals surface area contributed by atoms with E-state index in [0.29, 0.717) is 9.50 Å². The predicted molar refractivity (Wildman–Crippen MR) is 67.3 cm³/mol. The van der Waals surface area contributed by atoms with E-state index in [1.807, 2.05) is 0 Å². The Morgan fingerprint density at radius 2 is 2.24 bits per heavy atom. The van der Waals surface area contributed by atoms with Crippen LogP contribution in [0.4, 0.5) is 5.69 Å². The van der Waals surface area contributed by atoms with Gasteiger partial charge in [-0.2, -0.15) is 0 Å². The molecule has 0 saturated heterocycles.